The van der Waals surface area contributed by atoms with Gasteiger partial charge < -0.3 is 37.0 Å². The summed E-state index contributed by atoms with van der Waals surface area (Å²) in [6, 6.07) is 2.16. The third kappa shape index (κ3) is 8.16. The zero-order chi connectivity index (χ0) is 24.4. The number of aliphatic hydroxyl groups is 1. The molecule has 178 valence electrons. The lowest BCUT2D eigenvalue weighted by molar-refractivity contribution is -0.145. The van der Waals surface area contributed by atoms with Crippen LogP contribution in [0.25, 0.3) is 0 Å². The van der Waals surface area contributed by atoms with Crippen LogP contribution in [0, 0.1) is 5.92 Å². The maximum absolute atomic E-state index is 13.0. The molecule has 0 saturated heterocycles. The fraction of sp³-hybridized carbons (Fsp3) is 0.524. The first-order chi connectivity index (χ1) is 15.0. The van der Waals surface area contributed by atoms with Crippen LogP contribution >= 0.6 is 0 Å². The predicted octanol–water partition coefficient (Wildman–Crippen LogP) is -1.14. The fourth-order valence-electron chi connectivity index (χ4n) is 2.92. The van der Waals surface area contributed by atoms with Gasteiger partial charge >= 0.3 is 5.97 Å². The van der Waals surface area contributed by atoms with E-state index in [9.17, 15) is 34.5 Å². The second-order valence-corrected chi connectivity index (χ2v) is 7.63. The molecule has 0 fully saturated rings. The third-order valence-corrected chi connectivity index (χ3v) is 5.05. The van der Waals surface area contributed by atoms with Crippen molar-refractivity contribution in [2.75, 3.05) is 6.54 Å². The molecule has 0 heterocycles. The Morgan fingerprint density at radius 1 is 0.969 bits per heavy atom. The smallest absolute Gasteiger partial charge is 0.328 e. The van der Waals surface area contributed by atoms with Crippen molar-refractivity contribution in [3.63, 3.8) is 0 Å². The van der Waals surface area contributed by atoms with Gasteiger partial charge in [0.2, 0.25) is 17.7 Å². The molecular weight excluding hydrogens is 420 g/mol. The van der Waals surface area contributed by atoms with E-state index in [2.05, 4.69) is 16.0 Å². The summed E-state index contributed by atoms with van der Waals surface area (Å²) in [5.41, 5.74) is 5.91. The van der Waals surface area contributed by atoms with Crippen molar-refractivity contribution >= 4 is 23.7 Å². The van der Waals surface area contributed by atoms with Crippen LogP contribution in [0.3, 0.4) is 0 Å². The Morgan fingerprint density at radius 3 is 2.03 bits per heavy atom. The number of carbonyl (C=O) groups is 4. The first-order valence-corrected chi connectivity index (χ1v) is 10.3. The number of aliphatic hydroxyl groups excluding tert-OH is 1. The van der Waals surface area contributed by atoms with Crippen molar-refractivity contribution in [3.05, 3.63) is 29.8 Å². The molecule has 11 heteroatoms. The molecule has 0 radical (unpaired) electrons. The highest BCUT2D eigenvalue weighted by Crippen LogP contribution is 2.13. The molecule has 0 aliphatic carbocycles. The molecule has 11 nitrogen and oxygen atoms in total. The number of phenols is 1. The van der Waals surface area contributed by atoms with Gasteiger partial charge in [-0.2, -0.15) is 0 Å². The normalized spacial score (nSPS) is 15.5. The van der Waals surface area contributed by atoms with Gasteiger partial charge in [-0.15, -0.1) is 0 Å². The molecule has 5 atom stereocenters. The first-order valence-electron chi connectivity index (χ1n) is 10.3. The van der Waals surface area contributed by atoms with E-state index >= 15 is 0 Å². The van der Waals surface area contributed by atoms with Crippen LogP contribution in [-0.2, 0) is 25.6 Å². The Morgan fingerprint density at radius 2 is 1.56 bits per heavy atom. The minimum Gasteiger partial charge on any atom is -0.508 e. The number of aromatic hydroxyl groups is 1. The van der Waals surface area contributed by atoms with Crippen LogP contribution in [0.15, 0.2) is 24.3 Å². The standard InChI is InChI=1S/C21H32N4O7/c1-4-11(2)17(24-16(28)10-22)20(30)23-15(9-13-5-7-14(27)8-6-13)19(29)25-18(12(3)26)21(31)32/h5-8,11-12,15,17-18,26-27H,4,9-10,22H2,1-3H3,(H,23,30)(H,24,28)(H,25,29)(H,31,32). The molecular formula is C21H32N4O7. The summed E-state index contributed by atoms with van der Waals surface area (Å²) in [6.07, 6.45) is -0.846. The monoisotopic (exact) mass is 452 g/mol. The van der Waals surface area contributed by atoms with E-state index in [0.29, 0.717) is 12.0 Å². The third-order valence-electron chi connectivity index (χ3n) is 5.05. The van der Waals surface area contributed by atoms with Crippen molar-refractivity contribution in [2.45, 2.75) is 57.8 Å². The maximum Gasteiger partial charge on any atom is 0.328 e. The van der Waals surface area contributed by atoms with E-state index in [1.807, 2.05) is 6.92 Å². The summed E-state index contributed by atoms with van der Waals surface area (Å²) < 4.78 is 0. The number of amides is 3. The molecule has 0 aromatic heterocycles. The quantitative estimate of drug-likeness (QED) is 0.207. The second kappa shape index (κ2) is 12.6. The summed E-state index contributed by atoms with van der Waals surface area (Å²) in [6.45, 7) is 4.49. The van der Waals surface area contributed by atoms with E-state index in [4.69, 9.17) is 5.73 Å². The molecule has 1 rings (SSSR count). The second-order valence-electron chi connectivity index (χ2n) is 7.63. The number of hydrogen-bond acceptors (Lipinski definition) is 7. The Balaban J connectivity index is 3.15. The minimum absolute atomic E-state index is 0.0140. The van der Waals surface area contributed by atoms with Crippen LogP contribution in [0.5, 0.6) is 5.75 Å². The lowest BCUT2D eigenvalue weighted by Gasteiger charge is -2.27. The van der Waals surface area contributed by atoms with E-state index in [-0.39, 0.29) is 24.6 Å². The molecule has 0 bridgehead atoms. The van der Waals surface area contributed by atoms with Crippen LogP contribution in [0.4, 0.5) is 0 Å². The summed E-state index contributed by atoms with van der Waals surface area (Å²) in [5, 5.41) is 35.7. The number of nitrogens with two attached hydrogens (primary N) is 1. The molecule has 3 amide bonds. The van der Waals surface area contributed by atoms with Gasteiger partial charge in [-0.3, -0.25) is 14.4 Å². The Labute approximate surface area is 186 Å². The zero-order valence-electron chi connectivity index (χ0n) is 18.4. The fourth-order valence-corrected chi connectivity index (χ4v) is 2.92. The van der Waals surface area contributed by atoms with Gasteiger partial charge in [-0.25, -0.2) is 4.79 Å². The van der Waals surface area contributed by atoms with Crippen molar-refractivity contribution in [1.29, 1.82) is 0 Å². The summed E-state index contributed by atoms with van der Waals surface area (Å²) in [4.78, 5) is 48.9. The Kier molecular flexibility index (Phi) is 10.6. The van der Waals surface area contributed by atoms with Crippen LogP contribution in [0.2, 0.25) is 0 Å². The van der Waals surface area contributed by atoms with E-state index in [0.717, 1.165) is 0 Å². The molecule has 0 aliphatic heterocycles. The summed E-state index contributed by atoms with van der Waals surface area (Å²) >= 11 is 0. The van der Waals surface area contributed by atoms with Crippen LogP contribution < -0.4 is 21.7 Å². The number of carboxylic acids is 1. The van der Waals surface area contributed by atoms with Gasteiger partial charge in [0, 0.05) is 6.42 Å². The van der Waals surface area contributed by atoms with Crippen molar-refractivity contribution in [2.24, 2.45) is 11.7 Å². The van der Waals surface area contributed by atoms with Gasteiger partial charge in [0.15, 0.2) is 6.04 Å². The van der Waals surface area contributed by atoms with E-state index < -0.39 is 47.9 Å². The molecule has 1 aromatic rings. The molecule has 0 saturated carbocycles. The highest BCUT2D eigenvalue weighted by molar-refractivity contribution is 5.94. The molecule has 0 spiro atoms. The average molecular weight is 453 g/mol. The number of nitrogens with one attached hydrogen (secondary N) is 3. The molecule has 5 unspecified atom stereocenters. The number of carbonyl (C=O) groups excluding carboxylic acids is 3. The van der Waals surface area contributed by atoms with Crippen molar-refractivity contribution < 1.29 is 34.5 Å². The molecule has 1 aromatic carbocycles. The number of benzene rings is 1. The maximum atomic E-state index is 13.0. The largest absolute Gasteiger partial charge is 0.508 e. The van der Waals surface area contributed by atoms with E-state index in [1.54, 1.807) is 19.1 Å². The average Bonchev–Trinajstić information content (AvgIpc) is 2.75. The van der Waals surface area contributed by atoms with Crippen LogP contribution in [0.1, 0.15) is 32.8 Å². The molecule has 32 heavy (non-hydrogen) atoms. The Hall–Kier alpha value is -3.18. The first kappa shape index (κ1) is 26.9. The summed E-state index contributed by atoms with van der Waals surface area (Å²) in [5.74, 6) is -3.69. The van der Waals surface area contributed by atoms with Crippen LogP contribution in [-0.4, -0.2) is 69.8 Å². The van der Waals surface area contributed by atoms with Crippen molar-refractivity contribution in [1.82, 2.24) is 16.0 Å². The van der Waals surface area contributed by atoms with Gasteiger partial charge in [0.1, 0.15) is 17.8 Å². The molecule has 8 N–H and O–H groups in total. The lowest BCUT2D eigenvalue weighted by Crippen LogP contribution is -2.59. The van der Waals surface area contributed by atoms with Gasteiger partial charge in [0.25, 0.3) is 0 Å². The molecule has 0 aliphatic rings. The summed E-state index contributed by atoms with van der Waals surface area (Å²) in [7, 11) is 0. The zero-order valence-corrected chi connectivity index (χ0v) is 18.4. The number of aliphatic carboxylic acids is 1. The highest BCUT2D eigenvalue weighted by Gasteiger charge is 2.32. The number of rotatable bonds is 12. The predicted molar refractivity (Wildman–Crippen MR) is 115 cm³/mol. The topological polar surface area (TPSA) is 191 Å². The van der Waals surface area contributed by atoms with Gasteiger partial charge in [-0.05, 0) is 30.5 Å². The number of hydrogen-bond donors (Lipinski definition) is 7. The number of carboxylic acid groups (broad SMARTS) is 1. The van der Waals surface area contributed by atoms with E-state index in [1.165, 1.54) is 19.1 Å². The highest BCUT2D eigenvalue weighted by atomic mass is 16.4. The van der Waals surface area contributed by atoms with Crippen molar-refractivity contribution in [3.8, 4) is 5.75 Å². The Bertz CT molecular complexity index is 798. The number of phenolic OH excluding ortho intramolecular Hbond substituents is 1. The lowest BCUT2D eigenvalue weighted by atomic mass is 9.97. The van der Waals surface area contributed by atoms with Gasteiger partial charge in [0.05, 0.1) is 12.6 Å². The SMILES string of the molecule is CCC(C)C(NC(=O)CN)C(=O)NC(Cc1ccc(O)cc1)C(=O)NC(C(=O)O)C(C)O. The van der Waals surface area contributed by atoms with Gasteiger partial charge in [-0.1, -0.05) is 32.4 Å². The minimum atomic E-state index is -1.58.